The van der Waals surface area contributed by atoms with Crippen molar-refractivity contribution < 1.29 is 28.7 Å². The predicted molar refractivity (Wildman–Crippen MR) is 85.3 cm³/mol. The molecule has 0 atom stereocenters. The fourth-order valence-corrected chi connectivity index (χ4v) is 1.88. The number of carboxylic acid groups (broad SMARTS) is 1. The number of ether oxygens (including phenoxy) is 2. The summed E-state index contributed by atoms with van der Waals surface area (Å²) in [6.07, 6.45) is -0.646. The lowest BCUT2D eigenvalue weighted by Gasteiger charge is -2.20. The van der Waals surface area contributed by atoms with Crippen molar-refractivity contribution in [1.82, 2.24) is 5.16 Å². The summed E-state index contributed by atoms with van der Waals surface area (Å²) in [7, 11) is 1.49. The molecule has 2 aromatic rings. The third-order valence-corrected chi connectivity index (χ3v) is 2.86. The number of methoxy groups -OCH3 is 1. The van der Waals surface area contributed by atoms with Crippen molar-refractivity contribution in [2.24, 2.45) is 0 Å². The van der Waals surface area contributed by atoms with Gasteiger partial charge in [0.2, 0.25) is 0 Å². The maximum atomic E-state index is 12.0. The summed E-state index contributed by atoms with van der Waals surface area (Å²) < 4.78 is 15.4. The van der Waals surface area contributed by atoms with Gasteiger partial charge in [0, 0.05) is 11.6 Å². The van der Waals surface area contributed by atoms with Gasteiger partial charge in [0.25, 0.3) is 0 Å². The smallest absolute Gasteiger partial charge is 0.412 e. The second kappa shape index (κ2) is 6.61. The standard InChI is InChI=1S/C16H18N2O6/c1-16(2,3)23-15(21)17-11-6-5-9(22-4)7-10(11)13-8-12(14(19)20)18-24-13/h5-8H,1-4H3,(H,17,21)(H,19,20). The molecule has 2 rings (SSSR count). The van der Waals surface area contributed by atoms with Crippen LogP contribution >= 0.6 is 0 Å². The van der Waals surface area contributed by atoms with Crippen LogP contribution in [0.2, 0.25) is 0 Å². The normalized spacial score (nSPS) is 11.0. The van der Waals surface area contributed by atoms with E-state index in [2.05, 4.69) is 10.5 Å². The van der Waals surface area contributed by atoms with E-state index in [-0.39, 0.29) is 11.5 Å². The largest absolute Gasteiger partial charge is 0.497 e. The topological polar surface area (TPSA) is 111 Å². The summed E-state index contributed by atoms with van der Waals surface area (Å²) in [5, 5.41) is 15.0. The molecule has 0 fully saturated rings. The lowest BCUT2D eigenvalue weighted by atomic mass is 10.1. The van der Waals surface area contributed by atoms with E-state index >= 15 is 0 Å². The van der Waals surface area contributed by atoms with Crippen LogP contribution in [-0.2, 0) is 4.74 Å². The molecule has 0 unspecified atom stereocenters. The SMILES string of the molecule is COc1ccc(NC(=O)OC(C)(C)C)c(-c2cc(C(=O)O)no2)c1. The molecule has 0 aliphatic rings. The van der Waals surface area contributed by atoms with Crippen molar-refractivity contribution in [2.75, 3.05) is 12.4 Å². The fraction of sp³-hybridized carbons (Fsp3) is 0.312. The maximum absolute atomic E-state index is 12.0. The molecule has 0 aliphatic heterocycles. The van der Waals surface area contributed by atoms with Crippen molar-refractivity contribution >= 4 is 17.7 Å². The first-order valence-electron chi connectivity index (χ1n) is 7.08. The Morgan fingerprint density at radius 1 is 1.25 bits per heavy atom. The summed E-state index contributed by atoms with van der Waals surface area (Å²) in [4.78, 5) is 22.9. The zero-order valence-corrected chi connectivity index (χ0v) is 13.7. The first-order valence-corrected chi connectivity index (χ1v) is 7.08. The van der Waals surface area contributed by atoms with Crippen LogP contribution in [0, 0.1) is 0 Å². The number of amides is 1. The Morgan fingerprint density at radius 3 is 2.50 bits per heavy atom. The molecule has 1 aromatic carbocycles. The molecule has 24 heavy (non-hydrogen) atoms. The van der Waals surface area contributed by atoms with Gasteiger partial charge in [-0.25, -0.2) is 9.59 Å². The average Bonchev–Trinajstić information content (AvgIpc) is 2.95. The van der Waals surface area contributed by atoms with Crippen molar-refractivity contribution in [2.45, 2.75) is 26.4 Å². The summed E-state index contributed by atoms with van der Waals surface area (Å²) in [5.41, 5.74) is -0.103. The number of nitrogens with zero attached hydrogens (tertiary/aromatic N) is 1. The molecule has 8 heteroatoms. The van der Waals surface area contributed by atoms with Crippen molar-refractivity contribution in [3.63, 3.8) is 0 Å². The fourth-order valence-electron chi connectivity index (χ4n) is 1.88. The molecule has 2 N–H and O–H groups in total. The van der Waals surface area contributed by atoms with Crippen LogP contribution in [0.5, 0.6) is 5.75 Å². The van der Waals surface area contributed by atoms with Gasteiger partial charge in [0.05, 0.1) is 12.8 Å². The molecule has 0 aliphatic carbocycles. The lowest BCUT2D eigenvalue weighted by Crippen LogP contribution is -2.27. The van der Waals surface area contributed by atoms with E-state index in [9.17, 15) is 9.59 Å². The number of rotatable bonds is 4. The highest BCUT2D eigenvalue weighted by molar-refractivity contribution is 5.92. The van der Waals surface area contributed by atoms with Gasteiger partial charge in [0.15, 0.2) is 11.5 Å². The number of benzene rings is 1. The van der Waals surface area contributed by atoms with Gasteiger partial charge in [-0.1, -0.05) is 5.16 Å². The van der Waals surface area contributed by atoms with E-state index in [1.54, 1.807) is 39.0 Å². The summed E-state index contributed by atoms with van der Waals surface area (Å²) in [6, 6.07) is 6.10. The molecular formula is C16H18N2O6. The van der Waals surface area contributed by atoms with E-state index < -0.39 is 17.7 Å². The molecule has 0 saturated heterocycles. The highest BCUT2D eigenvalue weighted by atomic mass is 16.6. The highest BCUT2D eigenvalue weighted by Crippen LogP contribution is 2.32. The molecule has 1 amide bonds. The van der Waals surface area contributed by atoms with Gasteiger partial charge < -0.3 is 19.1 Å². The van der Waals surface area contributed by atoms with Crippen LogP contribution in [0.1, 0.15) is 31.3 Å². The van der Waals surface area contributed by atoms with Gasteiger partial charge >= 0.3 is 12.1 Å². The average molecular weight is 334 g/mol. The Labute approximate surface area is 138 Å². The van der Waals surface area contributed by atoms with Gasteiger partial charge in [0.1, 0.15) is 11.4 Å². The number of carbonyl (C=O) groups excluding carboxylic acids is 1. The molecule has 128 valence electrons. The van der Waals surface area contributed by atoms with E-state index in [4.69, 9.17) is 19.1 Å². The second-order valence-corrected chi connectivity index (χ2v) is 5.92. The van der Waals surface area contributed by atoms with E-state index in [1.165, 1.54) is 13.2 Å². The molecule has 0 spiro atoms. The molecule has 8 nitrogen and oxygen atoms in total. The minimum absolute atomic E-state index is 0.178. The minimum Gasteiger partial charge on any atom is -0.497 e. The van der Waals surface area contributed by atoms with Crippen molar-refractivity contribution in [3.05, 3.63) is 30.0 Å². The van der Waals surface area contributed by atoms with Crippen LogP contribution in [0.15, 0.2) is 28.8 Å². The monoisotopic (exact) mass is 334 g/mol. The van der Waals surface area contributed by atoms with Crippen molar-refractivity contribution in [1.29, 1.82) is 0 Å². The zero-order chi connectivity index (χ0) is 17.9. The number of hydrogen-bond acceptors (Lipinski definition) is 6. The Morgan fingerprint density at radius 2 is 1.96 bits per heavy atom. The van der Waals surface area contributed by atoms with Gasteiger partial charge in [-0.15, -0.1) is 0 Å². The second-order valence-electron chi connectivity index (χ2n) is 5.92. The van der Waals surface area contributed by atoms with Crippen LogP contribution < -0.4 is 10.1 Å². The van der Waals surface area contributed by atoms with Crippen molar-refractivity contribution in [3.8, 4) is 17.1 Å². The van der Waals surface area contributed by atoms with E-state index in [1.807, 2.05) is 0 Å². The zero-order valence-electron chi connectivity index (χ0n) is 13.7. The van der Waals surface area contributed by atoms with Gasteiger partial charge in [-0.05, 0) is 39.0 Å². The van der Waals surface area contributed by atoms with E-state index in [0.717, 1.165) is 0 Å². The number of aromatic nitrogens is 1. The summed E-state index contributed by atoms with van der Waals surface area (Å²) in [6.45, 7) is 5.24. The first-order chi connectivity index (χ1) is 11.2. The number of aromatic carboxylic acids is 1. The maximum Gasteiger partial charge on any atom is 0.412 e. The van der Waals surface area contributed by atoms with Gasteiger partial charge in [-0.3, -0.25) is 5.32 Å². The molecule has 0 saturated carbocycles. The van der Waals surface area contributed by atoms with Crippen LogP contribution in [0.25, 0.3) is 11.3 Å². The number of carboxylic acids is 1. The third kappa shape index (κ3) is 4.25. The molecule has 1 heterocycles. The number of nitrogens with one attached hydrogen (secondary N) is 1. The minimum atomic E-state index is -1.21. The number of hydrogen-bond donors (Lipinski definition) is 2. The first kappa shape index (κ1) is 17.3. The van der Waals surface area contributed by atoms with Crippen LogP contribution in [0.3, 0.4) is 0 Å². The summed E-state index contributed by atoms with van der Waals surface area (Å²) in [5.74, 6) is -0.528. The number of anilines is 1. The van der Waals surface area contributed by atoms with Gasteiger partial charge in [-0.2, -0.15) is 0 Å². The van der Waals surface area contributed by atoms with Crippen LogP contribution in [-0.4, -0.2) is 35.0 Å². The third-order valence-electron chi connectivity index (χ3n) is 2.86. The van der Waals surface area contributed by atoms with E-state index in [0.29, 0.717) is 17.0 Å². The Kier molecular flexibility index (Phi) is 4.77. The highest BCUT2D eigenvalue weighted by Gasteiger charge is 2.20. The Hall–Kier alpha value is -3.03. The molecule has 0 radical (unpaired) electrons. The summed E-state index contributed by atoms with van der Waals surface area (Å²) >= 11 is 0. The lowest BCUT2D eigenvalue weighted by molar-refractivity contribution is 0.0633. The predicted octanol–water partition coefficient (Wildman–Crippen LogP) is 3.40. The molecule has 1 aromatic heterocycles. The Bertz CT molecular complexity index is 760. The molecular weight excluding hydrogens is 316 g/mol. The van der Waals surface area contributed by atoms with Crippen LogP contribution in [0.4, 0.5) is 10.5 Å². The number of carbonyl (C=O) groups is 2. The Balaban J connectivity index is 2.37. The quantitative estimate of drug-likeness (QED) is 0.881. The molecule has 0 bridgehead atoms.